The number of carbonyl (C=O) groups is 1. The zero-order valence-electron chi connectivity index (χ0n) is 14.7. The molecule has 1 aromatic heterocycles. The Hall–Kier alpha value is -3.03. The molecule has 0 saturated carbocycles. The van der Waals surface area contributed by atoms with Crippen molar-refractivity contribution in [1.29, 1.82) is 0 Å². The van der Waals surface area contributed by atoms with Crippen molar-refractivity contribution in [1.82, 2.24) is 15.2 Å². The van der Waals surface area contributed by atoms with Gasteiger partial charge in [-0.15, -0.1) is 11.3 Å². The first-order chi connectivity index (χ1) is 13.1. The number of hydrogen-bond donors (Lipinski definition) is 2. The fourth-order valence-electron chi connectivity index (χ4n) is 2.86. The molecule has 4 rings (SSSR count). The molecule has 3 aromatic rings. The number of benzene rings is 2. The van der Waals surface area contributed by atoms with Gasteiger partial charge in [-0.05, 0) is 29.3 Å². The van der Waals surface area contributed by atoms with E-state index in [0.717, 1.165) is 21.3 Å². The van der Waals surface area contributed by atoms with Crippen LogP contribution < -0.4 is 5.32 Å². The molecular formula is C20H18N4O2S. The quantitative estimate of drug-likeness (QED) is 0.685. The summed E-state index contributed by atoms with van der Waals surface area (Å²) >= 11 is 1.56. The summed E-state index contributed by atoms with van der Waals surface area (Å²) in [6.07, 6.45) is 1.08. The largest absolute Gasteiger partial charge is 0.387 e. The Morgan fingerprint density at radius 3 is 2.89 bits per heavy atom. The van der Waals surface area contributed by atoms with E-state index in [1.54, 1.807) is 30.0 Å². The first-order valence-electron chi connectivity index (χ1n) is 8.50. The lowest BCUT2D eigenvalue weighted by Gasteiger charge is -2.16. The summed E-state index contributed by atoms with van der Waals surface area (Å²) in [6.45, 7) is 0.264. The third-order valence-electron chi connectivity index (χ3n) is 4.36. The summed E-state index contributed by atoms with van der Waals surface area (Å²) < 4.78 is 1.07. The number of aliphatic hydroxyl groups excluding tert-OH is 1. The van der Waals surface area contributed by atoms with Crippen LogP contribution in [0.25, 0.3) is 16.3 Å². The number of rotatable bonds is 4. The Bertz CT molecular complexity index is 1040. The van der Waals surface area contributed by atoms with Crippen LogP contribution >= 0.6 is 11.3 Å². The topological polar surface area (TPSA) is 77.8 Å². The molecule has 136 valence electrons. The summed E-state index contributed by atoms with van der Waals surface area (Å²) in [6, 6.07) is 15.2. The van der Waals surface area contributed by atoms with Crippen molar-refractivity contribution in [3.63, 3.8) is 0 Å². The third-order valence-corrected chi connectivity index (χ3v) is 5.16. The fraction of sp³-hybridized carbons (Fsp3) is 0.150. The van der Waals surface area contributed by atoms with E-state index in [1.807, 2.05) is 48.5 Å². The summed E-state index contributed by atoms with van der Waals surface area (Å²) in [5, 5.41) is 13.3. The highest BCUT2D eigenvalue weighted by Gasteiger charge is 2.27. The predicted molar refractivity (Wildman–Crippen MR) is 107 cm³/mol. The van der Waals surface area contributed by atoms with Gasteiger partial charge in [-0.1, -0.05) is 36.4 Å². The van der Waals surface area contributed by atoms with Crippen LogP contribution in [-0.4, -0.2) is 40.4 Å². The van der Waals surface area contributed by atoms with Gasteiger partial charge in [0.25, 0.3) is 5.91 Å². The van der Waals surface area contributed by atoms with Crippen LogP contribution in [-0.2, 0) is 4.79 Å². The summed E-state index contributed by atoms with van der Waals surface area (Å²) in [5.74, 6) is 0.246. The van der Waals surface area contributed by atoms with Gasteiger partial charge in [-0.25, -0.2) is 9.98 Å². The molecule has 0 bridgehead atoms. The number of carbonyl (C=O) groups excluding carboxylic acids is 1. The Kier molecular flexibility index (Phi) is 4.70. The molecule has 1 amide bonds. The van der Waals surface area contributed by atoms with Crippen LogP contribution in [0.4, 0.5) is 0 Å². The number of guanidine groups is 1. The van der Waals surface area contributed by atoms with E-state index < -0.39 is 6.10 Å². The van der Waals surface area contributed by atoms with E-state index in [-0.39, 0.29) is 12.5 Å². The van der Waals surface area contributed by atoms with Crippen LogP contribution in [0, 0.1) is 0 Å². The van der Waals surface area contributed by atoms with Crippen molar-refractivity contribution in [2.45, 2.75) is 6.10 Å². The van der Waals surface area contributed by atoms with Gasteiger partial charge in [-0.2, -0.15) is 0 Å². The third kappa shape index (κ3) is 3.60. The van der Waals surface area contributed by atoms with E-state index in [0.29, 0.717) is 11.7 Å². The highest BCUT2D eigenvalue weighted by atomic mass is 32.1. The standard InChI is InChI=1S/C20H18N4O2S/c1-24-19(26)16(9-13-7-8-15-18(10-13)27-12-22-15)23-20(24)21-11-17(25)14-5-3-2-4-6-14/h2-10,12,17,25H,11H2,1H3,(H,21,23)/b16-9-/t17-/m0/s1. The molecule has 0 aliphatic carbocycles. The van der Waals surface area contributed by atoms with Crippen molar-refractivity contribution < 1.29 is 9.90 Å². The molecule has 0 saturated heterocycles. The molecule has 6 nitrogen and oxygen atoms in total. The second-order valence-electron chi connectivity index (χ2n) is 6.22. The fourth-order valence-corrected chi connectivity index (χ4v) is 3.58. The Balaban J connectivity index is 1.51. The molecule has 2 N–H and O–H groups in total. The van der Waals surface area contributed by atoms with Gasteiger partial charge < -0.3 is 10.4 Å². The molecule has 0 fully saturated rings. The minimum atomic E-state index is -0.681. The number of nitrogens with one attached hydrogen (secondary N) is 1. The van der Waals surface area contributed by atoms with Gasteiger partial charge in [0.1, 0.15) is 5.70 Å². The Morgan fingerprint density at radius 1 is 1.26 bits per heavy atom. The van der Waals surface area contributed by atoms with Gasteiger partial charge in [0, 0.05) is 13.6 Å². The molecule has 0 radical (unpaired) electrons. The van der Waals surface area contributed by atoms with Crippen molar-refractivity contribution >= 4 is 39.5 Å². The predicted octanol–water partition coefficient (Wildman–Crippen LogP) is 2.79. The zero-order valence-corrected chi connectivity index (χ0v) is 15.5. The average Bonchev–Trinajstić information content (AvgIpc) is 3.26. The number of aliphatic hydroxyl groups is 1. The van der Waals surface area contributed by atoms with Gasteiger partial charge in [-0.3, -0.25) is 9.69 Å². The van der Waals surface area contributed by atoms with Gasteiger partial charge >= 0.3 is 0 Å². The number of likely N-dealkylation sites (N-methyl/N-ethyl adjacent to an activating group) is 1. The minimum Gasteiger partial charge on any atom is -0.387 e. The van der Waals surface area contributed by atoms with Crippen LogP contribution in [0.1, 0.15) is 17.2 Å². The Morgan fingerprint density at radius 2 is 2.07 bits per heavy atom. The number of hydrogen-bond acceptors (Lipinski definition) is 6. The lowest BCUT2D eigenvalue weighted by atomic mass is 10.1. The first-order valence-corrected chi connectivity index (χ1v) is 9.38. The first kappa shape index (κ1) is 17.4. The minimum absolute atomic E-state index is 0.184. The molecular weight excluding hydrogens is 360 g/mol. The lowest BCUT2D eigenvalue weighted by Crippen LogP contribution is -2.39. The van der Waals surface area contributed by atoms with Gasteiger partial charge in [0.05, 0.1) is 21.8 Å². The summed E-state index contributed by atoms with van der Waals surface area (Å²) in [7, 11) is 1.66. The number of thiazole rings is 1. The van der Waals surface area contributed by atoms with E-state index in [9.17, 15) is 9.90 Å². The molecule has 0 spiro atoms. The summed E-state index contributed by atoms with van der Waals surface area (Å²) in [4.78, 5) is 22.6. The van der Waals surface area contributed by atoms with Crippen molar-refractivity contribution in [3.8, 4) is 0 Å². The molecule has 27 heavy (non-hydrogen) atoms. The maximum atomic E-state index is 12.5. The van der Waals surface area contributed by atoms with Gasteiger partial charge in [0.2, 0.25) is 5.96 Å². The van der Waals surface area contributed by atoms with E-state index >= 15 is 0 Å². The molecule has 1 atom stereocenters. The number of fused-ring (bicyclic) bond motifs is 1. The van der Waals surface area contributed by atoms with Crippen molar-refractivity contribution in [2.24, 2.45) is 4.99 Å². The second-order valence-corrected chi connectivity index (χ2v) is 7.10. The van der Waals surface area contributed by atoms with Crippen LogP contribution in [0.2, 0.25) is 0 Å². The normalized spacial score (nSPS) is 16.8. The smallest absolute Gasteiger partial charge is 0.279 e. The SMILES string of the molecule is CN1C(=O)/C(=C/c2ccc3ncsc3c2)N=C1NC[C@H](O)c1ccccc1. The highest BCUT2D eigenvalue weighted by Crippen LogP contribution is 2.22. The van der Waals surface area contributed by atoms with E-state index in [1.165, 1.54) is 4.90 Å². The highest BCUT2D eigenvalue weighted by molar-refractivity contribution is 7.16. The zero-order chi connectivity index (χ0) is 18.8. The maximum Gasteiger partial charge on any atom is 0.279 e. The molecule has 7 heteroatoms. The summed E-state index contributed by atoms with van der Waals surface area (Å²) in [5.41, 5.74) is 4.81. The molecule has 1 aliphatic rings. The van der Waals surface area contributed by atoms with Crippen molar-refractivity contribution in [2.75, 3.05) is 13.6 Å². The van der Waals surface area contributed by atoms with Crippen LogP contribution in [0.5, 0.6) is 0 Å². The van der Waals surface area contributed by atoms with E-state index in [2.05, 4.69) is 15.3 Å². The van der Waals surface area contributed by atoms with Crippen LogP contribution in [0.3, 0.4) is 0 Å². The van der Waals surface area contributed by atoms with Crippen molar-refractivity contribution in [3.05, 3.63) is 70.9 Å². The van der Waals surface area contributed by atoms with Gasteiger partial charge in [0.15, 0.2) is 0 Å². The maximum absolute atomic E-state index is 12.5. The number of nitrogens with zero attached hydrogens (tertiary/aromatic N) is 3. The Labute approximate surface area is 160 Å². The number of amides is 1. The van der Waals surface area contributed by atoms with E-state index in [4.69, 9.17) is 0 Å². The molecule has 1 aliphatic heterocycles. The second kappa shape index (κ2) is 7.30. The molecule has 0 unspecified atom stereocenters. The number of aromatic nitrogens is 1. The molecule has 2 aromatic carbocycles. The lowest BCUT2D eigenvalue weighted by molar-refractivity contribution is -0.121. The monoisotopic (exact) mass is 378 g/mol. The molecule has 2 heterocycles. The average molecular weight is 378 g/mol. The number of aliphatic imine (C=N–C) groups is 1. The van der Waals surface area contributed by atoms with Crippen LogP contribution in [0.15, 0.2) is 64.7 Å².